The zero-order chi connectivity index (χ0) is 20.5. The van der Waals surface area contributed by atoms with E-state index in [1.807, 2.05) is 56.4 Å². The van der Waals surface area contributed by atoms with Crippen LogP contribution >= 0.6 is 23.4 Å². The molecule has 9 heteroatoms. The Labute approximate surface area is 179 Å². The van der Waals surface area contributed by atoms with Gasteiger partial charge in [0.05, 0.1) is 6.61 Å². The lowest BCUT2D eigenvalue weighted by Gasteiger charge is -2.15. The number of halogens is 1. The molecule has 0 radical (unpaired) electrons. The summed E-state index contributed by atoms with van der Waals surface area (Å²) >= 11 is 8.09. The molecule has 154 valence electrons. The summed E-state index contributed by atoms with van der Waals surface area (Å²) < 4.78 is 13.4. The summed E-state index contributed by atoms with van der Waals surface area (Å²) in [5.74, 6) is 2.20. The Morgan fingerprint density at radius 3 is 2.66 bits per heavy atom. The summed E-state index contributed by atoms with van der Waals surface area (Å²) in [6, 6.07) is 13.8. The molecule has 0 spiro atoms. The van der Waals surface area contributed by atoms with Crippen molar-refractivity contribution in [3.63, 3.8) is 0 Å². The molecule has 1 aromatic heterocycles. The minimum atomic E-state index is 0.461. The van der Waals surface area contributed by atoms with Crippen LogP contribution in [0.25, 0.3) is 0 Å². The largest absolute Gasteiger partial charge is 0.490 e. The van der Waals surface area contributed by atoms with E-state index in [0.717, 1.165) is 28.6 Å². The van der Waals surface area contributed by atoms with Crippen LogP contribution in [-0.2, 0) is 20.2 Å². The molecule has 0 aliphatic carbocycles. The fraction of sp³-hybridized carbons (Fsp3) is 0.350. The van der Waals surface area contributed by atoms with Crippen molar-refractivity contribution in [1.82, 2.24) is 25.5 Å². The third-order valence-electron chi connectivity index (χ3n) is 4.06. The van der Waals surface area contributed by atoms with Crippen LogP contribution in [0.5, 0.6) is 11.5 Å². The van der Waals surface area contributed by atoms with E-state index in [2.05, 4.69) is 20.8 Å². The van der Waals surface area contributed by atoms with E-state index < -0.39 is 0 Å². The van der Waals surface area contributed by atoms with E-state index in [1.165, 1.54) is 0 Å². The summed E-state index contributed by atoms with van der Waals surface area (Å²) in [7, 11) is 1.83. The predicted octanol–water partition coefficient (Wildman–Crippen LogP) is 3.72. The van der Waals surface area contributed by atoms with Crippen LogP contribution in [0.1, 0.15) is 18.1 Å². The molecule has 0 aliphatic heterocycles. The fourth-order valence-electron chi connectivity index (χ4n) is 2.61. The molecule has 0 amide bonds. The minimum absolute atomic E-state index is 0.461. The smallest absolute Gasteiger partial charge is 0.209 e. The van der Waals surface area contributed by atoms with Crippen molar-refractivity contribution in [2.24, 2.45) is 7.05 Å². The second kappa shape index (κ2) is 11.0. The van der Waals surface area contributed by atoms with Gasteiger partial charge in [-0.15, -0.1) is 5.10 Å². The van der Waals surface area contributed by atoms with Crippen LogP contribution < -0.4 is 14.8 Å². The number of hydrogen-bond acceptors (Lipinski definition) is 7. The zero-order valence-corrected chi connectivity index (χ0v) is 18.0. The van der Waals surface area contributed by atoms with Gasteiger partial charge in [-0.05, 0) is 34.5 Å². The molecule has 0 saturated carbocycles. The second-order valence-corrected chi connectivity index (χ2v) is 7.68. The standard InChI is InChI=1S/C20H24ClN5O2S/c1-3-27-18-11-16(13-22-9-10-29-20-23-24-25-26(20)2)17(21)12-19(18)28-14-15-7-5-4-6-8-15/h4-8,11-12,22H,3,9-10,13-14H2,1-2H3. The molecule has 0 unspecified atom stereocenters. The van der Waals surface area contributed by atoms with Gasteiger partial charge >= 0.3 is 0 Å². The van der Waals surface area contributed by atoms with Gasteiger partial charge in [0.1, 0.15) is 6.61 Å². The number of thioether (sulfide) groups is 1. The van der Waals surface area contributed by atoms with Crippen molar-refractivity contribution in [2.75, 3.05) is 18.9 Å². The quantitative estimate of drug-likeness (QED) is 0.365. The normalized spacial score (nSPS) is 10.9. The van der Waals surface area contributed by atoms with Crippen molar-refractivity contribution >= 4 is 23.4 Å². The SMILES string of the molecule is CCOc1cc(CNCCSc2nnnn2C)c(Cl)cc1OCc1ccccc1. The Bertz CT molecular complexity index is 907. The number of ether oxygens (including phenoxy) is 2. The number of rotatable bonds is 11. The van der Waals surface area contributed by atoms with E-state index in [1.54, 1.807) is 16.4 Å². The maximum Gasteiger partial charge on any atom is 0.209 e. The molecular formula is C20H24ClN5O2S. The second-order valence-electron chi connectivity index (χ2n) is 6.21. The Kier molecular flexibility index (Phi) is 8.15. The van der Waals surface area contributed by atoms with E-state index in [0.29, 0.717) is 36.3 Å². The van der Waals surface area contributed by atoms with Crippen molar-refractivity contribution in [3.05, 3.63) is 58.6 Å². The number of tetrazole rings is 1. The monoisotopic (exact) mass is 433 g/mol. The van der Waals surface area contributed by atoms with Gasteiger partial charge in [0.15, 0.2) is 11.5 Å². The Hall–Kier alpha value is -2.29. The van der Waals surface area contributed by atoms with Crippen LogP contribution in [0.3, 0.4) is 0 Å². The molecule has 3 aromatic rings. The van der Waals surface area contributed by atoms with Gasteiger partial charge in [-0.25, -0.2) is 4.68 Å². The number of benzene rings is 2. The lowest BCUT2D eigenvalue weighted by atomic mass is 10.2. The van der Waals surface area contributed by atoms with Crippen molar-refractivity contribution < 1.29 is 9.47 Å². The van der Waals surface area contributed by atoms with Gasteiger partial charge < -0.3 is 14.8 Å². The lowest BCUT2D eigenvalue weighted by molar-refractivity contribution is 0.269. The molecule has 0 atom stereocenters. The van der Waals surface area contributed by atoms with Gasteiger partial charge in [-0.3, -0.25) is 0 Å². The average Bonchev–Trinajstić information content (AvgIpc) is 3.14. The summed E-state index contributed by atoms with van der Waals surface area (Å²) in [5, 5.41) is 16.2. The summed E-state index contributed by atoms with van der Waals surface area (Å²) in [4.78, 5) is 0. The van der Waals surface area contributed by atoms with Gasteiger partial charge in [-0.2, -0.15) is 0 Å². The van der Waals surface area contributed by atoms with E-state index in [4.69, 9.17) is 21.1 Å². The topological polar surface area (TPSA) is 74.1 Å². The molecule has 0 aliphatic rings. The van der Waals surface area contributed by atoms with Crippen molar-refractivity contribution in [1.29, 1.82) is 0 Å². The van der Waals surface area contributed by atoms with Gasteiger partial charge in [0.2, 0.25) is 5.16 Å². The number of aromatic nitrogens is 4. The molecule has 7 nitrogen and oxygen atoms in total. The highest BCUT2D eigenvalue weighted by Crippen LogP contribution is 2.34. The maximum atomic E-state index is 6.49. The Morgan fingerprint density at radius 2 is 1.93 bits per heavy atom. The van der Waals surface area contributed by atoms with Gasteiger partial charge in [0.25, 0.3) is 0 Å². The van der Waals surface area contributed by atoms with Crippen LogP contribution in [0, 0.1) is 0 Å². The third-order valence-corrected chi connectivity index (χ3v) is 5.42. The van der Waals surface area contributed by atoms with Gasteiger partial charge in [0, 0.05) is 37.0 Å². The summed E-state index contributed by atoms with van der Waals surface area (Å²) in [6.45, 7) is 4.40. The van der Waals surface area contributed by atoms with Gasteiger partial charge in [-0.1, -0.05) is 53.7 Å². The highest BCUT2D eigenvalue weighted by molar-refractivity contribution is 7.99. The maximum absolute atomic E-state index is 6.49. The predicted molar refractivity (Wildman–Crippen MR) is 115 cm³/mol. The molecule has 3 rings (SSSR count). The van der Waals surface area contributed by atoms with Crippen molar-refractivity contribution in [3.8, 4) is 11.5 Å². The number of hydrogen-bond donors (Lipinski definition) is 1. The molecule has 0 saturated heterocycles. The lowest BCUT2D eigenvalue weighted by Crippen LogP contribution is -2.17. The summed E-state index contributed by atoms with van der Waals surface area (Å²) in [5.41, 5.74) is 2.06. The molecule has 0 bridgehead atoms. The van der Waals surface area contributed by atoms with Crippen LogP contribution in [0.2, 0.25) is 5.02 Å². The molecule has 1 heterocycles. The first-order valence-electron chi connectivity index (χ1n) is 9.35. The highest BCUT2D eigenvalue weighted by Gasteiger charge is 2.12. The van der Waals surface area contributed by atoms with Crippen LogP contribution in [-0.4, -0.2) is 39.1 Å². The zero-order valence-electron chi connectivity index (χ0n) is 16.5. The van der Waals surface area contributed by atoms with Crippen LogP contribution in [0.15, 0.2) is 47.6 Å². The minimum Gasteiger partial charge on any atom is -0.490 e. The summed E-state index contributed by atoms with van der Waals surface area (Å²) in [6.07, 6.45) is 0. The first-order valence-corrected chi connectivity index (χ1v) is 10.7. The Morgan fingerprint density at radius 1 is 1.14 bits per heavy atom. The molecule has 29 heavy (non-hydrogen) atoms. The number of aryl methyl sites for hydroxylation is 1. The first-order chi connectivity index (χ1) is 14.2. The van der Waals surface area contributed by atoms with E-state index in [-0.39, 0.29) is 0 Å². The molecule has 2 aromatic carbocycles. The van der Waals surface area contributed by atoms with Crippen molar-refractivity contribution in [2.45, 2.75) is 25.2 Å². The number of nitrogens with one attached hydrogen (secondary N) is 1. The van der Waals surface area contributed by atoms with Crippen LogP contribution in [0.4, 0.5) is 0 Å². The van der Waals surface area contributed by atoms with E-state index >= 15 is 0 Å². The average molecular weight is 434 g/mol. The third kappa shape index (κ3) is 6.35. The molecular weight excluding hydrogens is 410 g/mol. The van der Waals surface area contributed by atoms with E-state index in [9.17, 15) is 0 Å². The molecule has 1 N–H and O–H groups in total. The Balaban J connectivity index is 1.55. The highest BCUT2D eigenvalue weighted by atomic mass is 35.5. The number of nitrogens with zero attached hydrogens (tertiary/aromatic N) is 4. The molecule has 0 fully saturated rings. The first kappa shape index (κ1) is 21.4. The fourth-order valence-corrected chi connectivity index (χ4v) is 3.58.